The molecule has 1 rings (SSSR count). The van der Waals surface area contributed by atoms with E-state index in [4.69, 9.17) is 49.0 Å². The van der Waals surface area contributed by atoms with Crippen LogP contribution in [-0.4, -0.2) is 31.3 Å². The van der Waals surface area contributed by atoms with Gasteiger partial charge in [0.1, 0.15) is 19.0 Å². The summed E-state index contributed by atoms with van der Waals surface area (Å²) in [6, 6.07) is 2.85. The van der Waals surface area contributed by atoms with Crippen molar-refractivity contribution in [2.45, 2.75) is 13.0 Å². The lowest BCUT2D eigenvalue weighted by molar-refractivity contribution is -0.155. The molecule has 24 heavy (non-hydrogen) atoms. The zero-order valence-electron chi connectivity index (χ0n) is 12.8. The van der Waals surface area contributed by atoms with Gasteiger partial charge in [-0.05, 0) is 13.0 Å². The molecule has 0 N–H and O–H groups in total. The Morgan fingerprint density at radius 1 is 1.17 bits per heavy atom. The number of carbonyl (C=O) groups excluding carboxylic acids is 2. The minimum atomic E-state index is -0.872. The van der Waals surface area contributed by atoms with Crippen LogP contribution in [-0.2, 0) is 19.1 Å². The first-order valence-electron chi connectivity index (χ1n) is 6.67. The molecule has 0 spiro atoms. The van der Waals surface area contributed by atoms with E-state index in [-0.39, 0.29) is 39.6 Å². The van der Waals surface area contributed by atoms with E-state index in [1.165, 1.54) is 19.1 Å². The molecule has 0 aliphatic carbocycles. The monoisotopic (exact) mass is 392 g/mol. The molecule has 0 saturated heterocycles. The van der Waals surface area contributed by atoms with Gasteiger partial charge in [0.15, 0.2) is 6.10 Å². The third kappa shape index (κ3) is 6.43. The number of benzene rings is 1. The van der Waals surface area contributed by atoms with E-state index >= 15 is 0 Å². The molecule has 0 aliphatic rings. The zero-order chi connectivity index (χ0) is 18.3. The van der Waals surface area contributed by atoms with Crippen LogP contribution in [0.4, 0.5) is 0 Å². The Hall–Kier alpha value is -1.69. The summed E-state index contributed by atoms with van der Waals surface area (Å²) in [5, 5.41) is 0.765. The average Bonchev–Trinajstić information content (AvgIpc) is 2.53. The van der Waals surface area contributed by atoms with Crippen LogP contribution in [0.1, 0.15) is 6.92 Å². The molecule has 0 bridgehead atoms. The van der Waals surface area contributed by atoms with Crippen molar-refractivity contribution in [3.8, 4) is 5.75 Å². The second-order valence-corrected chi connectivity index (χ2v) is 5.87. The van der Waals surface area contributed by atoms with Crippen LogP contribution in [0.5, 0.6) is 5.75 Å². The SMILES string of the molecule is C=CC(=O)OCC(COc1cc(Cl)c(Cl)cc1Cl)OC(=O)C(=C)C. The van der Waals surface area contributed by atoms with Crippen LogP contribution in [0.2, 0.25) is 15.1 Å². The van der Waals surface area contributed by atoms with Crippen molar-refractivity contribution in [3.63, 3.8) is 0 Å². The lowest BCUT2D eigenvalue weighted by Crippen LogP contribution is -2.31. The maximum atomic E-state index is 11.6. The quantitative estimate of drug-likeness (QED) is 0.375. The molecule has 1 aromatic rings. The van der Waals surface area contributed by atoms with Gasteiger partial charge in [0.25, 0.3) is 0 Å². The van der Waals surface area contributed by atoms with E-state index in [9.17, 15) is 9.59 Å². The van der Waals surface area contributed by atoms with Crippen LogP contribution in [0.15, 0.2) is 36.9 Å². The number of hydrogen-bond acceptors (Lipinski definition) is 5. The van der Waals surface area contributed by atoms with Gasteiger partial charge in [-0.2, -0.15) is 0 Å². The summed E-state index contributed by atoms with van der Waals surface area (Å²) in [7, 11) is 0. The Bertz CT molecular complexity index is 657. The highest BCUT2D eigenvalue weighted by molar-refractivity contribution is 6.43. The van der Waals surface area contributed by atoms with Gasteiger partial charge in [0.2, 0.25) is 0 Å². The highest BCUT2D eigenvalue weighted by Crippen LogP contribution is 2.33. The minimum absolute atomic E-state index is 0.124. The van der Waals surface area contributed by atoms with Gasteiger partial charge in [-0.1, -0.05) is 48.0 Å². The molecule has 0 heterocycles. The summed E-state index contributed by atoms with van der Waals surface area (Å²) < 4.78 is 15.5. The first-order valence-corrected chi connectivity index (χ1v) is 7.81. The molecular weight excluding hydrogens is 379 g/mol. The highest BCUT2D eigenvalue weighted by atomic mass is 35.5. The topological polar surface area (TPSA) is 61.8 Å². The second-order valence-electron chi connectivity index (χ2n) is 4.65. The molecule has 0 saturated carbocycles. The maximum Gasteiger partial charge on any atom is 0.333 e. The van der Waals surface area contributed by atoms with Crippen LogP contribution in [0.25, 0.3) is 0 Å². The third-order valence-electron chi connectivity index (χ3n) is 2.60. The predicted molar refractivity (Wildman–Crippen MR) is 92.8 cm³/mol. The Balaban J connectivity index is 2.78. The fourth-order valence-electron chi connectivity index (χ4n) is 1.40. The van der Waals surface area contributed by atoms with Crippen molar-refractivity contribution in [1.29, 1.82) is 0 Å². The average molecular weight is 394 g/mol. The van der Waals surface area contributed by atoms with E-state index in [2.05, 4.69) is 13.2 Å². The number of hydrogen-bond donors (Lipinski definition) is 0. The van der Waals surface area contributed by atoms with E-state index in [1.807, 2.05) is 0 Å². The number of rotatable bonds is 8. The summed E-state index contributed by atoms with van der Waals surface area (Å²) in [6.07, 6.45) is 0.123. The Morgan fingerprint density at radius 3 is 2.38 bits per heavy atom. The Kier molecular flexibility index (Phi) is 8.11. The lowest BCUT2D eigenvalue weighted by Gasteiger charge is -2.19. The van der Waals surface area contributed by atoms with Gasteiger partial charge in [-0.25, -0.2) is 9.59 Å². The van der Waals surface area contributed by atoms with E-state index < -0.39 is 18.0 Å². The van der Waals surface area contributed by atoms with Crippen molar-refractivity contribution in [3.05, 3.63) is 52.0 Å². The summed E-state index contributed by atoms with van der Waals surface area (Å²) in [4.78, 5) is 22.8. The molecule has 1 unspecified atom stereocenters. The molecule has 5 nitrogen and oxygen atoms in total. The fraction of sp³-hybridized carbons (Fsp3) is 0.250. The number of halogens is 3. The van der Waals surface area contributed by atoms with Gasteiger partial charge >= 0.3 is 11.9 Å². The summed E-state index contributed by atoms with van der Waals surface area (Å²) in [6.45, 7) is 7.91. The summed E-state index contributed by atoms with van der Waals surface area (Å²) in [5.41, 5.74) is 0.197. The predicted octanol–water partition coefficient (Wildman–Crippen LogP) is 4.24. The van der Waals surface area contributed by atoms with Crippen LogP contribution in [0.3, 0.4) is 0 Å². The van der Waals surface area contributed by atoms with Gasteiger partial charge < -0.3 is 14.2 Å². The Labute approximate surface area is 154 Å². The van der Waals surface area contributed by atoms with Crippen molar-refractivity contribution in [1.82, 2.24) is 0 Å². The van der Waals surface area contributed by atoms with Gasteiger partial charge in [-0.15, -0.1) is 0 Å². The van der Waals surface area contributed by atoms with Crippen molar-refractivity contribution < 1.29 is 23.8 Å². The molecular formula is C16H15Cl3O5. The van der Waals surface area contributed by atoms with Crippen molar-refractivity contribution >= 4 is 46.7 Å². The summed E-state index contributed by atoms with van der Waals surface area (Å²) in [5.74, 6) is -1.05. The lowest BCUT2D eigenvalue weighted by atomic mass is 10.3. The third-order valence-corrected chi connectivity index (χ3v) is 3.62. The van der Waals surface area contributed by atoms with Crippen molar-refractivity contribution in [2.24, 2.45) is 0 Å². The van der Waals surface area contributed by atoms with E-state index in [0.29, 0.717) is 0 Å². The van der Waals surface area contributed by atoms with Gasteiger partial charge in [0.05, 0.1) is 15.1 Å². The maximum absolute atomic E-state index is 11.6. The molecule has 8 heteroatoms. The largest absolute Gasteiger partial charge is 0.488 e. The molecule has 0 aliphatic heterocycles. The molecule has 1 atom stereocenters. The van der Waals surface area contributed by atoms with Gasteiger partial charge in [0, 0.05) is 17.7 Å². The van der Waals surface area contributed by atoms with Crippen LogP contribution < -0.4 is 4.74 Å². The fourth-order valence-corrected chi connectivity index (χ4v) is 1.99. The molecule has 0 radical (unpaired) electrons. The molecule has 0 amide bonds. The van der Waals surface area contributed by atoms with E-state index in [1.54, 1.807) is 0 Å². The molecule has 130 valence electrons. The molecule has 0 fully saturated rings. The highest BCUT2D eigenvalue weighted by Gasteiger charge is 2.19. The van der Waals surface area contributed by atoms with Crippen molar-refractivity contribution in [2.75, 3.05) is 13.2 Å². The minimum Gasteiger partial charge on any atom is -0.488 e. The molecule has 1 aromatic carbocycles. The van der Waals surface area contributed by atoms with E-state index in [0.717, 1.165) is 6.08 Å². The first-order chi connectivity index (χ1) is 11.2. The Morgan fingerprint density at radius 2 is 1.79 bits per heavy atom. The standard InChI is InChI=1S/C16H15Cl3O5/c1-4-15(20)23-8-10(24-16(21)9(2)3)7-22-14-6-12(18)11(17)5-13(14)19/h4-6,10H,1-2,7-8H2,3H3. The van der Waals surface area contributed by atoms with Gasteiger partial charge in [-0.3, -0.25) is 0 Å². The number of ether oxygens (including phenoxy) is 3. The second kappa shape index (κ2) is 9.57. The normalized spacial score (nSPS) is 11.3. The molecule has 0 aromatic heterocycles. The number of carbonyl (C=O) groups is 2. The first kappa shape index (κ1) is 20.4. The van der Waals surface area contributed by atoms with Crippen LogP contribution in [0, 0.1) is 0 Å². The number of esters is 2. The summed E-state index contributed by atoms with van der Waals surface area (Å²) >= 11 is 17.7. The van der Waals surface area contributed by atoms with Crippen LogP contribution >= 0.6 is 34.8 Å². The smallest absolute Gasteiger partial charge is 0.333 e. The zero-order valence-corrected chi connectivity index (χ0v) is 15.1.